The van der Waals surface area contributed by atoms with Gasteiger partial charge in [0.25, 0.3) is 11.2 Å². The van der Waals surface area contributed by atoms with Crippen molar-refractivity contribution in [2.45, 2.75) is 35.7 Å². The van der Waals surface area contributed by atoms with Crippen molar-refractivity contribution in [1.29, 1.82) is 0 Å². The van der Waals surface area contributed by atoms with Gasteiger partial charge in [-0.25, -0.2) is 9.97 Å². The van der Waals surface area contributed by atoms with E-state index < -0.39 is 0 Å². The molecule has 3 heterocycles. The third-order valence-corrected chi connectivity index (χ3v) is 8.11. The second kappa shape index (κ2) is 11.1. The van der Waals surface area contributed by atoms with Gasteiger partial charge >= 0.3 is 0 Å². The molecule has 3 aromatic heterocycles. The zero-order valence-corrected chi connectivity index (χ0v) is 23.5. The Morgan fingerprint density at radius 2 is 1.43 bits per heavy atom. The molecule has 12 heteroatoms. The predicted octanol–water partition coefficient (Wildman–Crippen LogP) is 5.93. The number of nitrogens with one attached hydrogen (secondary N) is 2. The van der Waals surface area contributed by atoms with E-state index in [1.165, 1.54) is 23.5 Å². The van der Waals surface area contributed by atoms with Crippen LogP contribution in [0, 0.1) is 4.91 Å². The van der Waals surface area contributed by atoms with E-state index in [9.17, 15) is 10.1 Å². The van der Waals surface area contributed by atoms with Crippen LogP contribution in [-0.2, 0) is 11.5 Å². The van der Waals surface area contributed by atoms with Gasteiger partial charge in [-0.1, -0.05) is 35.7 Å². The standard InChI is InChI=1S/C28H27N6O4S2/c1-3-37-17-9-11-19-21(13-17)31-27(29-19)39-15-25-26(34(36)24-8-6-5-7-23(24)33(25)35)16-40-28-30-20-12-10-18(38-4-2)14-22(20)32-28/h5-14,35H,3-4,15-16H2,1-2H3,(H,29,31)(H,30,32)/q+1. The van der Waals surface area contributed by atoms with Crippen LogP contribution in [0.5, 0.6) is 11.5 Å². The molecule has 3 aromatic carbocycles. The second-order valence-corrected chi connectivity index (χ2v) is 10.8. The van der Waals surface area contributed by atoms with Gasteiger partial charge in [0.15, 0.2) is 15.8 Å². The maximum Gasteiger partial charge on any atom is 0.290 e. The number of aromatic nitrogens is 6. The van der Waals surface area contributed by atoms with Crippen LogP contribution >= 0.6 is 23.5 Å². The fourth-order valence-corrected chi connectivity index (χ4v) is 6.30. The highest BCUT2D eigenvalue weighted by atomic mass is 32.2. The molecule has 0 aliphatic heterocycles. The first kappa shape index (κ1) is 26.1. The number of aromatic amines is 2. The summed E-state index contributed by atoms with van der Waals surface area (Å²) in [6.07, 6.45) is 0. The monoisotopic (exact) mass is 575 g/mol. The average molecular weight is 576 g/mol. The largest absolute Gasteiger partial charge is 0.494 e. The third kappa shape index (κ3) is 5.07. The Bertz CT molecular complexity index is 1900. The lowest BCUT2D eigenvalue weighted by Gasteiger charge is -2.09. The molecule has 0 unspecified atom stereocenters. The molecular weight excluding hydrogens is 548 g/mol. The zero-order valence-electron chi connectivity index (χ0n) is 21.9. The molecule has 6 rings (SSSR count). The molecule has 10 nitrogen and oxygen atoms in total. The van der Waals surface area contributed by atoms with Crippen LogP contribution in [0.1, 0.15) is 25.2 Å². The maximum atomic E-state index is 13.5. The normalized spacial score (nSPS) is 11.6. The molecule has 0 spiro atoms. The Morgan fingerprint density at radius 3 is 2.02 bits per heavy atom. The van der Waals surface area contributed by atoms with Gasteiger partial charge in [0.1, 0.15) is 17.2 Å². The van der Waals surface area contributed by atoms with Crippen LogP contribution in [0.25, 0.3) is 33.1 Å². The number of thioether (sulfide) groups is 2. The van der Waals surface area contributed by atoms with Crippen LogP contribution in [0.2, 0.25) is 0 Å². The van der Waals surface area contributed by atoms with Crippen LogP contribution in [0.4, 0.5) is 0 Å². The summed E-state index contributed by atoms with van der Waals surface area (Å²) in [5.41, 5.74) is 5.06. The van der Waals surface area contributed by atoms with Gasteiger partial charge in [-0.2, -0.15) is 4.73 Å². The van der Waals surface area contributed by atoms with E-state index in [1.807, 2.05) is 50.2 Å². The molecule has 204 valence electrons. The van der Waals surface area contributed by atoms with Crippen LogP contribution in [-0.4, -0.2) is 43.1 Å². The van der Waals surface area contributed by atoms with Gasteiger partial charge in [0.05, 0.1) is 51.2 Å². The van der Waals surface area contributed by atoms with Gasteiger partial charge in [-0.3, -0.25) is 0 Å². The number of imidazole rings is 2. The number of hydrogen-bond donors (Lipinski definition) is 3. The topological polar surface area (TPSA) is 124 Å². The van der Waals surface area contributed by atoms with Crippen molar-refractivity contribution < 1.29 is 19.1 Å². The molecule has 0 saturated carbocycles. The molecule has 0 amide bonds. The summed E-state index contributed by atoms with van der Waals surface area (Å²) in [4.78, 5) is 29.5. The van der Waals surface area contributed by atoms with Crippen molar-refractivity contribution in [3.63, 3.8) is 0 Å². The number of benzene rings is 3. The molecule has 0 saturated heterocycles. The van der Waals surface area contributed by atoms with Gasteiger partial charge in [-0.05, 0) is 44.2 Å². The summed E-state index contributed by atoms with van der Waals surface area (Å²) in [6, 6.07) is 18.4. The number of ether oxygens (including phenoxy) is 2. The quantitative estimate of drug-likeness (QED) is 0.104. The van der Waals surface area contributed by atoms with Crippen LogP contribution in [0.3, 0.4) is 0 Å². The molecule has 0 fully saturated rings. The second-order valence-electron chi connectivity index (χ2n) is 8.87. The molecule has 3 N–H and O–H groups in total. The Labute approximate surface area is 237 Å². The van der Waals surface area contributed by atoms with E-state index in [2.05, 4.69) is 19.9 Å². The first-order valence-electron chi connectivity index (χ1n) is 12.8. The van der Waals surface area contributed by atoms with Crippen molar-refractivity contribution in [2.24, 2.45) is 0 Å². The molecular formula is C28H27N6O4S2+. The van der Waals surface area contributed by atoms with E-state index in [-0.39, 0.29) is 0 Å². The van der Waals surface area contributed by atoms with E-state index in [0.717, 1.165) is 42.7 Å². The summed E-state index contributed by atoms with van der Waals surface area (Å²) < 4.78 is 13.2. The summed E-state index contributed by atoms with van der Waals surface area (Å²) >= 11 is 2.81. The Hall–Kier alpha value is -4.16. The van der Waals surface area contributed by atoms with Crippen molar-refractivity contribution in [2.75, 3.05) is 13.2 Å². The summed E-state index contributed by atoms with van der Waals surface area (Å²) in [5.74, 6) is 2.14. The highest BCUT2D eigenvalue weighted by Crippen LogP contribution is 2.30. The lowest BCUT2D eigenvalue weighted by Crippen LogP contribution is -2.28. The van der Waals surface area contributed by atoms with Crippen molar-refractivity contribution >= 4 is 56.6 Å². The van der Waals surface area contributed by atoms with Gasteiger partial charge in [0, 0.05) is 23.1 Å². The van der Waals surface area contributed by atoms with E-state index in [4.69, 9.17) is 9.47 Å². The highest BCUT2D eigenvalue weighted by molar-refractivity contribution is 7.98. The number of hydrogen-bond acceptors (Lipinski definition) is 8. The summed E-state index contributed by atoms with van der Waals surface area (Å²) in [6.45, 7) is 5.04. The van der Waals surface area contributed by atoms with E-state index in [0.29, 0.717) is 57.5 Å². The highest BCUT2D eigenvalue weighted by Gasteiger charge is 2.26. The molecule has 0 bridgehead atoms. The first-order chi connectivity index (χ1) is 19.5. The van der Waals surface area contributed by atoms with Crippen molar-refractivity contribution in [1.82, 2.24) is 24.7 Å². The molecule has 0 atom stereocenters. The number of para-hydroxylation sites is 2. The fraction of sp³-hybridized carbons (Fsp3) is 0.214. The Balaban J connectivity index is 1.30. The van der Waals surface area contributed by atoms with Gasteiger partial charge in [0.2, 0.25) is 0 Å². The van der Waals surface area contributed by atoms with Crippen LogP contribution < -0.4 is 13.9 Å². The third-order valence-electron chi connectivity index (χ3n) is 6.34. The van der Waals surface area contributed by atoms with Crippen LogP contribution in [0.15, 0.2) is 71.0 Å². The lowest BCUT2D eigenvalue weighted by molar-refractivity contribution is -0.475. The van der Waals surface area contributed by atoms with E-state index in [1.54, 1.807) is 24.3 Å². The number of rotatable bonds is 10. The number of fused-ring (bicyclic) bond motifs is 3. The molecule has 0 aliphatic carbocycles. The molecule has 0 aliphatic rings. The minimum absolute atomic E-state index is 0.292. The zero-order chi connectivity index (χ0) is 27.6. The molecule has 0 radical (unpaired) electrons. The SMILES string of the molecule is CCOc1ccc2nc(SCc3c(CSc4nc5ccc(OCC)cc5[nH]4)[n+](=O)c4ccccc4n3O)[nH]c2c1. The fourth-order valence-electron chi connectivity index (χ4n) is 4.49. The lowest BCUT2D eigenvalue weighted by atomic mass is 10.2. The average Bonchev–Trinajstić information content (AvgIpc) is 3.56. The minimum atomic E-state index is 0.292. The Kier molecular flexibility index (Phi) is 7.27. The predicted molar refractivity (Wildman–Crippen MR) is 156 cm³/mol. The number of nitrogens with zero attached hydrogens (tertiary/aromatic N) is 4. The van der Waals surface area contributed by atoms with E-state index >= 15 is 0 Å². The number of H-pyrrole nitrogens is 2. The minimum Gasteiger partial charge on any atom is -0.494 e. The summed E-state index contributed by atoms with van der Waals surface area (Å²) in [7, 11) is 0. The summed E-state index contributed by atoms with van der Waals surface area (Å²) in [5, 5.41) is 12.6. The van der Waals surface area contributed by atoms with Crippen molar-refractivity contribution in [3.8, 4) is 11.5 Å². The smallest absolute Gasteiger partial charge is 0.290 e. The van der Waals surface area contributed by atoms with Gasteiger partial charge < -0.3 is 24.6 Å². The maximum absolute atomic E-state index is 13.5. The first-order valence-corrected chi connectivity index (χ1v) is 14.8. The van der Waals surface area contributed by atoms with Gasteiger partial charge in [-0.15, -0.1) is 0 Å². The Morgan fingerprint density at radius 1 is 0.850 bits per heavy atom. The molecule has 6 aromatic rings. The molecule has 40 heavy (non-hydrogen) atoms. The van der Waals surface area contributed by atoms with Crippen molar-refractivity contribution in [3.05, 3.63) is 77.0 Å².